The molecule has 0 bridgehead atoms. The molecule has 0 spiro atoms. The molecule has 0 aliphatic carbocycles. The number of rotatable bonds is 12. The Morgan fingerprint density at radius 2 is 1.78 bits per heavy atom. The molecule has 0 heterocycles. The molecule has 104 valence electrons. The second-order valence-corrected chi connectivity index (χ2v) is 4.53. The van der Waals surface area contributed by atoms with E-state index in [-0.39, 0.29) is 5.91 Å². The molecule has 0 saturated heterocycles. The Labute approximate surface area is 110 Å². The Morgan fingerprint density at radius 3 is 2.44 bits per heavy atom. The fourth-order valence-electron chi connectivity index (χ4n) is 1.75. The predicted molar refractivity (Wildman–Crippen MR) is 74.2 cm³/mol. The van der Waals surface area contributed by atoms with Crippen LogP contribution in [0.4, 0.5) is 0 Å². The van der Waals surface area contributed by atoms with Crippen LogP contribution in [0.2, 0.25) is 0 Å². The van der Waals surface area contributed by atoms with Crippen LogP contribution in [0.25, 0.3) is 10.4 Å². The maximum Gasteiger partial charge on any atom is 0.219 e. The van der Waals surface area contributed by atoms with Crippen molar-refractivity contribution >= 4 is 5.91 Å². The minimum absolute atomic E-state index is 0.115. The van der Waals surface area contributed by atoms with E-state index in [0.29, 0.717) is 25.9 Å². The minimum atomic E-state index is 0.115. The van der Waals surface area contributed by atoms with Crippen LogP contribution in [-0.4, -0.2) is 19.0 Å². The van der Waals surface area contributed by atoms with Gasteiger partial charge in [-0.2, -0.15) is 0 Å². The molecule has 0 unspecified atom stereocenters. The fraction of sp³-hybridized carbons (Fsp3) is 0.923. The normalized spacial score (nSPS) is 9.83. The topological polar surface area (TPSA) is 77.9 Å². The van der Waals surface area contributed by atoms with Gasteiger partial charge in [0.15, 0.2) is 0 Å². The molecule has 0 atom stereocenters. The smallest absolute Gasteiger partial charge is 0.219 e. The predicted octanol–water partition coefficient (Wildman–Crippen LogP) is 3.94. The first-order chi connectivity index (χ1) is 8.81. The van der Waals surface area contributed by atoms with E-state index >= 15 is 0 Å². The SMILES string of the molecule is CCCCCCCCCC(=O)NCCCN=[N+]=[N-]. The van der Waals surface area contributed by atoms with E-state index in [1.54, 1.807) is 0 Å². The first-order valence-corrected chi connectivity index (χ1v) is 7.08. The van der Waals surface area contributed by atoms with E-state index in [0.717, 1.165) is 12.8 Å². The fourth-order valence-corrected chi connectivity index (χ4v) is 1.75. The molecule has 5 heteroatoms. The summed E-state index contributed by atoms with van der Waals surface area (Å²) >= 11 is 0. The highest BCUT2D eigenvalue weighted by Gasteiger charge is 1.99. The summed E-state index contributed by atoms with van der Waals surface area (Å²) < 4.78 is 0. The van der Waals surface area contributed by atoms with Crippen LogP contribution in [0.1, 0.15) is 64.7 Å². The zero-order valence-corrected chi connectivity index (χ0v) is 11.5. The molecule has 1 amide bonds. The number of nitrogens with one attached hydrogen (secondary N) is 1. The largest absolute Gasteiger partial charge is 0.356 e. The lowest BCUT2D eigenvalue weighted by Crippen LogP contribution is -2.24. The van der Waals surface area contributed by atoms with Crippen LogP contribution in [0.5, 0.6) is 0 Å². The molecule has 0 saturated carbocycles. The van der Waals surface area contributed by atoms with Crippen LogP contribution in [0.15, 0.2) is 5.11 Å². The van der Waals surface area contributed by atoms with Crippen LogP contribution in [-0.2, 0) is 4.79 Å². The van der Waals surface area contributed by atoms with Gasteiger partial charge in [0.1, 0.15) is 0 Å². The van der Waals surface area contributed by atoms with E-state index in [4.69, 9.17) is 5.53 Å². The maximum absolute atomic E-state index is 11.4. The van der Waals surface area contributed by atoms with Gasteiger partial charge in [0.05, 0.1) is 0 Å². The zero-order chi connectivity index (χ0) is 13.5. The Morgan fingerprint density at radius 1 is 1.11 bits per heavy atom. The van der Waals surface area contributed by atoms with Gasteiger partial charge in [0.25, 0.3) is 0 Å². The van der Waals surface area contributed by atoms with E-state index < -0.39 is 0 Å². The monoisotopic (exact) mass is 254 g/mol. The van der Waals surface area contributed by atoms with Crippen molar-refractivity contribution in [2.45, 2.75) is 64.7 Å². The highest BCUT2D eigenvalue weighted by Crippen LogP contribution is 2.08. The third kappa shape index (κ3) is 12.8. The molecule has 0 fully saturated rings. The number of nitrogens with zero attached hydrogens (tertiary/aromatic N) is 3. The Hall–Kier alpha value is -1.22. The standard InChI is InChI=1S/C13H26N4O/c1-2-3-4-5-6-7-8-10-13(18)15-11-9-12-16-17-14/h2-12H2,1H3,(H,15,18). The van der Waals surface area contributed by atoms with Gasteiger partial charge in [0, 0.05) is 24.4 Å². The molecular formula is C13H26N4O. The van der Waals surface area contributed by atoms with Crippen molar-refractivity contribution in [1.82, 2.24) is 5.32 Å². The van der Waals surface area contributed by atoms with Crippen molar-refractivity contribution in [3.63, 3.8) is 0 Å². The Kier molecular flexibility index (Phi) is 12.9. The molecule has 0 aliphatic rings. The van der Waals surface area contributed by atoms with Crippen molar-refractivity contribution < 1.29 is 4.79 Å². The second kappa shape index (κ2) is 13.8. The molecule has 0 aromatic carbocycles. The molecule has 18 heavy (non-hydrogen) atoms. The molecule has 0 aromatic heterocycles. The lowest BCUT2D eigenvalue weighted by molar-refractivity contribution is -0.121. The quantitative estimate of drug-likeness (QED) is 0.243. The third-order valence-electron chi connectivity index (χ3n) is 2.83. The zero-order valence-electron chi connectivity index (χ0n) is 11.5. The van der Waals surface area contributed by atoms with Gasteiger partial charge < -0.3 is 5.32 Å². The molecular weight excluding hydrogens is 228 g/mol. The molecule has 1 N–H and O–H groups in total. The van der Waals surface area contributed by atoms with Crippen LogP contribution < -0.4 is 5.32 Å². The molecule has 0 rings (SSSR count). The van der Waals surface area contributed by atoms with Gasteiger partial charge in [-0.3, -0.25) is 4.79 Å². The van der Waals surface area contributed by atoms with E-state index in [9.17, 15) is 4.79 Å². The van der Waals surface area contributed by atoms with Gasteiger partial charge in [0.2, 0.25) is 5.91 Å². The molecule has 5 nitrogen and oxygen atoms in total. The van der Waals surface area contributed by atoms with Gasteiger partial charge in [-0.15, -0.1) is 0 Å². The van der Waals surface area contributed by atoms with Crippen molar-refractivity contribution in [3.05, 3.63) is 10.4 Å². The number of unbranched alkanes of at least 4 members (excludes halogenated alkanes) is 6. The maximum atomic E-state index is 11.4. The van der Waals surface area contributed by atoms with Crippen molar-refractivity contribution in [2.75, 3.05) is 13.1 Å². The Bertz CT molecular complexity index is 249. The van der Waals surface area contributed by atoms with Gasteiger partial charge in [-0.25, -0.2) is 0 Å². The number of amides is 1. The number of hydrogen-bond acceptors (Lipinski definition) is 2. The summed E-state index contributed by atoms with van der Waals surface area (Å²) in [6.45, 7) is 3.27. The number of hydrogen-bond donors (Lipinski definition) is 1. The lowest BCUT2D eigenvalue weighted by atomic mass is 10.1. The van der Waals surface area contributed by atoms with Crippen LogP contribution >= 0.6 is 0 Å². The number of azide groups is 1. The van der Waals surface area contributed by atoms with Gasteiger partial charge in [-0.05, 0) is 18.4 Å². The van der Waals surface area contributed by atoms with Crippen LogP contribution in [0.3, 0.4) is 0 Å². The van der Waals surface area contributed by atoms with E-state index in [1.165, 1.54) is 32.1 Å². The molecule has 0 radical (unpaired) electrons. The Balaban J connectivity index is 3.19. The summed E-state index contributed by atoms with van der Waals surface area (Å²) in [6.07, 6.45) is 9.92. The second-order valence-electron chi connectivity index (χ2n) is 4.53. The van der Waals surface area contributed by atoms with Crippen molar-refractivity contribution in [1.29, 1.82) is 0 Å². The van der Waals surface area contributed by atoms with Gasteiger partial charge >= 0.3 is 0 Å². The summed E-state index contributed by atoms with van der Waals surface area (Å²) in [5, 5.41) is 6.24. The summed E-state index contributed by atoms with van der Waals surface area (Å²) in [5.74, 6) is 0.115. The minimum Gasteiger partial charge on any atom is -0.356 e. The lowest BCUT2D eigenvalue weighted by Gasteiger charge is -2.04. The van der Waals surface area contributed by atoms with Gasteiger partial charge in [-0.1, -0.05) is 50.6 Å². The first-order valence-electron chi connectivity index (χ1n) is 7.08. The molecule has 0 aromatic rings. The average molecular weight is 254 g/mol. The molecule has 0 aliphatic heterocycles. The van der Waals surface area contributed by atoms with Crippen molar-refractivity contribution in [2.24, 2.45) is 5.11 Å². The highest BCUT2D eigenvalue weighted by atomic mass is 16.1. The summed E-state index contributed by atoms with van der Waals surface area (Å²) in [5.41, 5.74) is 8.07. The highest BCUT2D eigenvalue weighted by molar-refractivity contribution is 5.75. The van der Waals surface area contributed by atoms with E-state index in [1.807, 2.05) is 0 Å². The third-order valence-corrected chi connectivity index (χ3v) is 2.83. The number of carbonyl (C=O) groups is 1. The first kappa shape index (κ1) is 16.8. The summed E-state index contributed by atoms with van der Waals surface area (Å²) in [7, 11) is 0. The van der Waals surface area contributed by atoms with E-state index in [2.05, 4.69) is 22.3 Å². The van der Waals surface area contributed by atoms with Crippen LogP contribution in [0, 0.1) is 0 Å². The summed E-state index contributed by atoms with van der Waals surface area (Å²) in [6, 6.07) is 0. The summed E-state index contributed by atoms with van der Waals surface area (Å²) in [4.78, 5) is 14.1. The average Bonchev–Trinajstić information content (AvgIpc) is 2.37. The number of carbonyl (C=O) groups excluding carboxylic acids is 1. The van der Waals surface area contributed by atoms with Crippen molar-refractivity contribution in [3.8, 4) is 0 Å².